The first kappa shape index (κ1) is 25.1. The van der Waals surface area contributed by atoms with Crippen LogP contribution in [0.4, 0.5) is 11.4 Å². The van der Waals surface area contributed by atoms with E-state index in [-0.39, 0.29) is 16.3 Å². The van der Waals surface area contributed by atoms with Gasteiger partial charge in [0.25, 0.3) is 11.4 Å². The second-order valence-corrected chi connectivity index (χ2v) is 8.42. The van der Waals surface area contributed by atoms with Crippen LogP contribution >= 0.6 is 24.4 Å². The number of benzene rings is 2. The van der Waals surface area contributed by atoms with E-state index in [0.29, 0.717) is 12.2 Å². The topological polar surface area (TPSA) is 105 Å². The van der Waals surface area contributed by atoms with E-state index in [1.54, 1.807) is 36.0 Å². The molecule has 2 heterocycles. The predicted molar refractivity (Wildman–Crippen MR) is 123 cm³/mol. The predicted octanol–water partition coefficient (Wildman–Crippen LogP) is 5.54. The minimum absolute atomic E-state index is 0.0952. The van der Waals surface area contributed by atoms with E-state index in [1.165, 1.54) is 37.1 Å². The summed E-state index contributed by atoms with van der Waals surface area (Å²) in [6, 6.07) is 12.6. The summed E-state index contributed by atoms with van der Waals surface area (Å²) >= 11 is 5.65. The number of non-ortho nitro benzene ring substituents is 2. The van der Waals surface area contributed by atoms with E-state index in [1.807, 2.05) is 0 Å². The Bertz CT molecular complexity index is 822. The number of thiol groups is 1. The van der Waals surface area contributed by atoms with Gasteiger partial charge in [-0.05, 0) is 43.5 Å². The van der Waals surface area contributed by atoms with Gasteiger partial charge in [0.2, 0.25) is 0 Å². The Labute approximate surface area is 191 Å². The minimum Gasteiger partial charge on any atom is -0.378 e. The SMILES string of the molecule is CCC1CCO1.O=[N+]([O-])c1ccc(S)cc1.O=[N+]([O-])c1ccc(SCC2CCO2)cc1. The number of hydrogen-bond donors (Lipinski definition) is 1. The van der Waals surface area contributed by atoms with Crippen molar-refractivity contribution >= 4 is 35.8 Å². The van der Waals surface area contributed by atoms with E-state index in [0.717, 1.165) is 35.2 Å². The molecule has 0 spiro atoms. The lowest BCUT2D eigenvalue weighted by atomic mass is 10.1. The Morgan fingerprint density at radius 3 is 1.68 bits per heavy atom. The molecular weight excluding hydrogens is 440 g/mol. The Kier molecular flexibility index (Phi) is 10.8. The molecule has 31 heavy (non-hydrogen) atoms. The van der Waals surface area contributed by atoms with Crippen molar-refractivity contribution in [3.63, 3.8) is 0 Å². The molecule has 2 aliphatic rings. The number of nitro benzene ring substituents is 2. The van der Waals surface area contributed by atoms with Gasteiger partial charge < -0.3 is 9.47 Å². The fraction of sp³-hybridized carbons (Fsp3) is 0.429. The highest BCUT2D eigenvalue weighted by Gasteiger charge is 2.18. The second kappa shape index (κ2) is 13.3. The van der Waals surface area contributed by atoms with Crippen LogP contribution in [0.1, 0.15) is 26.2 Å². The number of thioether (sulfide) groups is 1. The van der Waals surface area contributed by atoms with Crippen molar-refractivity contribution in [2.45, 2.75) is 48.2 Å². The fourth-order valence-electron chi connectivity index (χ4n) is 2.45. The van der Waals surface area contributed by atoms with Crippen molar-refractivity contribution in [3.05, 3.63) is 68.8 Å². The molecule has 2 aromatic rings. The summed E-state index contributed by atoms with van der Waals surface area (Å²) in [6.45, 7) is 4.02. The molecule has 168 valence electrons. The molecule has 2 fully saturated rings. The standard InChI is InChI=1S/C10H11NO3S.C6H5NO2S.C5H10O/c12-11(13)8-1-3-10(4-2-8)15-7-9-5-6-14-9;8-7(9)5-1-3-6(10)4-2-5;1-2-5-3-4-6-5/h1-4,9H,5-7H2;1-4,10H;5H,2-4H2,1H3. The molecule has 0 saturated carbocycles. The van der Waals surface area contributed by atoms with E-state index in [2.05, 4.69) is 19.6 Å². The van der Waals surface area contributed by atoms with E-state index >= 15 is 0 Å². The Balaban J connectivity index is 0.000000183. The molecule has 2 saturated heterocycles. The zero-order valence-corrected chi connectivity index (χ0v) is 18.9. The Morgan fingerprint density at radius 1 is 0.903 bits per heavy atom. The molecule has 0 N–H and O–H groups in total. The van der Waals surface area contributed by atoms with Crippen LogP contribution in [0.15, 0.2) is 58.3 Å². The molecular formula is C21H26N2O6S2. The minimum atomic E-state index is -0.437. The summed E-state index contributed by atoms with van der Waals surface area (Å²) < 4.78 is 10.4. The zero-order valence-electron chi connectivity index (χ0n) is 17.2. The van der Waals surface area contributed by atoms with E-state index in [9.17, 15) is 20.2 Å². The highest BCUT2D eigenvalue weighted by molar-refractivity contribution is 7.99. The molecule has 0 amide bonds. The molecule has 8 nitrogen and oxygen atoms in total. The zero-order chi connectivity index (χ0) is 22.6. The molecule has 4 rings (SSSR count). The maximum atomic E-state index is 10.4. The van der Waals surface area contributed by atoms with Crippen LogP contribution < -0.4 is 0 Å². The first-order valence-corrected chi connectivity index (χ1v) is 11.4. The molecule has 2 aromatic carbocycles. The molecule has 10 heteroatoms. The molecule has 2 unspecified atom stereocenters. The summed E-state index contributed by atoms with van der Waals surface area (Å²) in [6.07, 6.45) is 4.59. The van der Waals surface area contributed by atoms with Gasteiger partial charge in [0, 0.05) is 53.0 Å². The van der Waals surface area contributed by atoms with Crippen molar-refractivity contribution < 1.29 is 19.3 Å². The first-order valence-electron chi connectivity index (χ1n) is 9.93. The van der Waals surface area contributed by atoms with E-state index in [4.69, 9.17) is 9.47 Å². The van der Waals surface area contributed by atoms with Gasteiger partial charge in [-0.25, -0.2) is 0 Å². The maximum Gasteiger partial charge on any atom is 0.269 e. The van der Waals surface area contributed by atoms with Gasteiger partial charge in [-0.15, -0.1) is 24.4 Å². The maximum absolute atomic E-state index is 10.4. The molecule has 0 aliphatic carbocycles. The van der Waals surface area contributed by atoms with Gasteiger partial charge in [0.15, 0.2) is 0 Å². The van der Waals surface area contributed by atoms with Gasteiger partial charge in [0.05, 0.1) is 22.1 Å². The Hall–Kier alpha value is -2.14. The summed E-state index contributed by atoms with van der Waals surface area (Å²) in [4.78, 5) is 21.5. The van der Waals surface area contributed by atoms with Crippen LogP contribution in [-0.2, 0) is 9.47 Å². The smallest absolute Gasteiger partial charge is 0.269 e. The van der Waals surface area contributed by atoms with Crippen molar-refractivity contribution in [2.24, 2.45) is 0 Å². The first-order chi connectivity index (χ1) is 14.9. The van der Waals surface area contributed by atoms with Crippen LogP contribution in [0.5, 0.6) is 0 Å². The highest BCUT2D eigenvalue weighted by Crippen LogP contribution is 2.25. The summed E-state index contributed by atoms with van der Waals surface area (Å²) in [5, 5.41) is 20.5. The van der Waals surface area contributed by atoms with Crippen molar-refractivity contribution in [1.82, 2.24) is 0 Å². The average Bonchev–Trinajstić information content (AvgIpc) is 2.68. The van der Waals surface area contributed by atoms with Gasteiger partial charge >= 0.3 is 0 Å². The van der Waals surface area contributed by atoms with Crippen molar-refractivity contribution in [1.29, 1.82) is 0 Å². The summed E-state index contributed by atoms with van der Waals surface area (Å²) in [5.41, 5.74) is 0.233. The quantitative estimate of drug-likeness (QED) is 0.258. The Morgan fingerprint density at radius 2 is 1.35 bits per heavy atom. The number of nitrogens with zero attached hydrogens (tertiary/aromatic N) is 2. The third-order valence-corrected chi connectivity index (χ3v) is 6.03. The van der Waals surface area contributed by atoms with Crippen molar-refractivity contribution in [3.8, 4) is 0 Å². The number of rotatable bonds is 6. The lowest BCUT2D eigenvalue weighted by molar-refractivity contribution is -0.385. The molecule has 0 radical (unpaired) electrons. The molecule has 2 atom stereocenters. The number of ether oxygens (including phenoxy) is 2. The molecule has 2 aliphatic heterocycles. The van der Waals surface area contributed by atoms with Gasteiger partial charge in [-0.1, -0.05) is 6.92 Å². The van der Waals surface area contributed by atoms with Crippen LogP contribution in [0.2, 0.25) is 0 Å². The monoisotopic (exact) mass is 466 g/mol. The fourth-order valence-corrected chi connectivity index (χ4v) is 3.57. The average molecular weight is 467 g/mol. The third kappa shape index (κ3) is 9.26. The van der Waals surface area contributed by atoms with Crippen LogP contribution in [-0.4, -0.2) is 41.0 Å². The molecule has 0 aromatic heterocycles. The largest absolute Gasteiger partial charge is 0.378 e. The van der Waals surface area contributed by atoms with Crippen molar-refractivity contribution in [2.75, 3.05) is 19.0 Å². The molecule has 0 bridgehead atoms. The summed E-state index contributed by atoms with van der Waals surface area (Å²) in [5.74, 6) is 0.928. The van der Waals surface area contributed by atoms with Gasteiger partial charge in [-0.2, -0.15) is 0 Å². The summed E-state index contributed by atoms with van der Waals surface area (Å²) in [7, 11) is 0. The number of hydrogen-bond acceptors (Lipinski definition) is 8. The third-order valence-electron chi connectivity index (χ3n) is 4.59. The lowest BCUT2D eigenvalue weighted by Gasteiger charge is -2.25. The normalized spacial score (nSPS) is 18.8. The van der Waals surface area contributed by atoms with Crippen LogP contribution in [0.3, 0.4) is 0 Å². The number of nitro groups is 2. The lowest BCUT2D eigenvalue weighted by Crippen LogP contribution is -2.28. The van der Waals surface area contributed by atoms with Crippen LogP contribution in [0, 0.1) is 20.2 Å². The second-order valence-electron chi connectivity index (χ2n) is 6.81. The highest BCUT2D eigenvalue weighted by atomic mass is 32.2. The van der Waals surface area contributed by atoms with Gasteiger partial charge in [-0.3, -0.25) is 20.2 Å². The van der Waals surface area contributed by atoms with E-state index < -0.39 is 4.92 Å². The van der Waals surface area contributed by atoms with Gasteiger partial charge in [0.1, 0.15) is 0 Å². The van der Waals surface area contributed by atoms with Crippen LogP contribution in [0.25, 0.3) is 0 Å².